The van der Waals surface area contributed by atoms with Crippen LogP contribution in [0.4, 0.5) is 10.3 Å². The Bertz CT molecular complexity index is 622. The van der Waals surface area contributed by atoms with Crippen LogP contribution in [0, 0.1) is 9.39 Å². The third-order valence-corrected chi connectivity index (χ3v) is 4.74. The van der Waals surface area contributed by atoms with Gasteiger partial charge < -0.3 is 10.2 Å². The highest BCUT2D eigenvalue weighted by Crippen LogP contribution is 2.25. The van der Waals surface area contributed by atoms with Gasteiger partial charge in [-0.05, 0) is 60.7 Å². The minimum Gasteiger partial charge on any atom is -0.339 e. The number of hydrogen-bond donors (Lipinski definition) is 2. The Kier molecular flexibility index (Phi) is 4.39. The molecule has 0 bridgehead atoms. The quantitative estimate of drug-likeness (QED) is 0.776. The van der Waals surface area contributed by atoms with Gasteiger partial charge in [0.2, 0.25) is 5.95 Å². The maximum absolute atomic E-state index is 13.2. The van der Waals surface area contributed by atoms with E-state index in [4.69, 9.17) is 0 Å². The molecule has 1 aromatic carbocycles. The van der Waals surface area contributed by atoms with Crippen molar-refractivity contribution in [2.45, 2.75) is 18.9 Å². The van der Waals surface area contributed by atoms with Crippen molar-refractivity contribution in [3.8, 4) is 11.4 Å². The number of nitrogens with one attached hydrogen (secondary N) is 2. The molecule has 1 aliphatic rings. The summed E-state index contributed by atoms with van der Waals surface area (Å²) in [5.74, 6) is 1.17. The number of aromatic amines is 1. The van der Waals surface area contributed by atoms with Crippen LogP contribution >= 0.6 is 22.6 Å². The topological polar surface area (TPSA) is 56.8 Å². The van der Waals surface area contributed by atoms with Crippen molar-refractivity contribution in [2.75, 3.05) is 25.0 Å². The molecule has 5 nitrogen and oxygen atoms in total. The lowest BCUT2D eigenvalue weighted by Gasteiger charge is -2.30. The molecule has 0 radical (unpaired) electrons. The highest BCUT2D eigenvalue weighted by molar-refractivity contribution is 14.1. The molecule has 0 spiro atoms. The molecule has 0 unspecified atom stereocenters. The zero-order valence-electron chi connectivity index (χ0n) is 11.7. The smallest absolute Gasteiger partial charge is 0.245 e. The molecule has 0 amide bonds. The second-order valence-corrected chi connectivity index (χ2v) is 6.32. The maximum Gasteiger partial charge on any atom is 0.245 e. The summed E-state index contributed by atoms with van der Waals surface area (Å²) in [6, 6.07) is 5.25. The number of piperidine rings is 1. The average molecular weight is 401 g/mol. The van der Waals surface area contributed by atoms with Gasteiger partial charge in [-0.3, -0.25) is 5.10 Å². The summed E-state index contributed by atoms with van der Waals surface area (Å²) < 4.78 is 14.0. The van der Waals surface area contributed by atoms with Crippen LogP contribution in [0.3, 0.4) is 0 Å². The first-order chi connectivity index (χ1) is 10.2. The highest BCUT2D eigenvalue weighted by atomic mass is 127. The van der Waals surface area contributed by atoms with Gasteiger partial charge in [-0.2, -0.15) is 4.98 Å². The number of anilines is 1. The first-order valence-electron chi connectivity index (χ1n) is 6.97. The predicted octanol–water partition coefficient (Wildman–Crippen LogP) is 2.40. The molecule has 1 aromatic heterocycles. The van der Waals surface area contributed by atoms with Gasteiger partial charge in [-0.25, -0.2) is 4.39 Å². The zero-order valence-corrected chi connectivity index (χ0v) is 13.9. The third kappa shape index (κ3) is 3.18. The lowest BCUT2D eigenvalue weighted by Crippen LogP contribution is -2.41. The van der Waals surface area contributed by atoms with Crippen LogP contribution in [0.2, 0.25) is 0 Å². The molecule has 2 heterocycles. The lowest BCUT2D eigenvalue weighted by atomic mass is 10.1. The summed E-state index contributed by atoms with van der Waals surface area (Å²) in [4.78, 5) is 6.74. The number of benzene rings is 1. The van der Waals surface area contributed by atoms with Crippen molar-refractivity contribution in [2.24, 2.45) is 0 Å². The van der Waals surface area contributed by atoms with Gasteiger partial charge in [0, 0.05) is 28.3 Å². The van der Waals surface area contributed by atoms with E-state index in [1.54, 1.807) is 6.07 Å². The third-order valence-electron chi connectivity index (χ3n) is 3.85. The van der Waals surface area contributed by atoms with Gasteiger partial charge in [0.1, 0.15) is 5.82 Å². The summed E-state index contributed by atoms with van der Waals surface area (Å²) >= 11 is 2.11. The van der Waals surface area contributed by atoms with Crippen molar-refractivity contribution in [3.63, 3.8) is 0 Å². The molecule has 0 saturated carbocycles. The predicted molar refractivity (Wildman–Crippen MR) is 88.8 cm³/mol. The molecular weight excluding hydrogens is 384 g/mol. The van der Waals surface area contributed by atoms with Gasteiger partial charge in [0.05, 0.1) is 0 Å². The summed E-state index contributed by atoms with van der Waals surface area (Å²) in [5.41, 5.74) is 0.876. The summed E-state index contributed by atoms with van der Waals surface area (Å²) in [5, 5.41) is 10.6. The van der Waals surface area contributed by atoms with Crippen LogP contribution in [0.25, 0.3) is 11.4 Å². The Morgan fingerprint density at radius 2 is 2.14 bits per heavy atom. The molecule has 0 atom stereocenters. The van der Waals surface area contributed by atoms with Gasteiger partial charge in [-0.1, -0.05) is 0 Å². The van der Waals surface area contributed by atoms with Crippen LogP contribution in [0.1, 0.15) is 12.8 Å². The number of H-pyrrole nitrogens is 1. The minimum absolute atomic E-state index is 0.239. The molecular formula is C14H17FIN5. The number of aromatic nitrogens is 3. The fourth-order valence-electron chi connectivity index (χ4n) is 2.56. The van der Waals surface area contributed by atoms with E-state index >= 15 is 0 Å². The van der Waals surface area contributed by atoms with Crippen molar-refractivity contribution in [3.05, 3.63) is 27.6 Å². The van der Waals surface area contributed by atoms with E-state index in [2.05, 4.69) is 48.0 Å². The average Bonchev–Trinajstić information content (AvgIpc) is 2.97. The fourth-order valence-corrected chi connectivity index (χ4v) is 3.30. The van der Waals surface area contributed by atoms with Crippen molar-refractivity contribution in [1.29, 1.82) is 0 Å². The fraction of sp³-hybridized carbons (Fsp3) is 0.429. The van der Waals surface area contributed by atoms with E-state index in [-0.39, 0.29) is 5.82 Å². The van der Waals surface area contributed by atoms with Gasteiger partial charge in [0.15, 0.2) is 5.82 Å². The second kappa shape index (κ2) is 6.27. The first kappa shape index (κ1) is 14.7. The molecule has 0 aliphatic carbocycles. The van der Waals surface area contributed by atoms with Crippen LogP contribution in [-0.2, 0) is 0 Å². The summed E-state index contributed by atoms with van der Waals surface area (Å²) in [6.07, 6.45) is 2.18. The Morgan fingerprint density at radius 1 is 1.38 bits per heavy atom. The summed E-state index contributed by atoms with van der Waals surface area (Å²) in [7, 11) is 2.00. The van der Waals surface area contributed by atoms with Crippen molar-refractivity contribution in [1.82, 2.24) is 20.5 Å². The Morgan fingerprint density at radius 3 is 2.81 bits per heavy atom. The minimum atomic E-state index is -0.239. The molecule has 21 heavy (non-hydrogen) atoms. The van der Waals surface area contributed by atoms with E-state index < -0.39 is 0 Å². The number of halogens is 2. The standard InChI is InChI=1S/C14H17FIN5/c1-17-10-4-6-21(7-5-10)14-18-13(19-20-14)11-3-2-9(15)8-12(11)16/h2-3,8,10,17H,4-7H2,1H3,(H,18,19,20). The van der Waals surface area contributed by atoms with E-state index in [9.17, 15) is 4.39 Å². The summed E-state index contributed by atoms with van der Waals surface area (Å²) in [6.45, 7) is 1.90. The maximum atomic E-state index is 13.2. The van der Waals surface area contributed by atoms with E-state index in [0.717, 1.165) is 41.0 Å². The van der Waals surface area contributed by atoms with E-state index in [0.29, 0.717) is 11.9 Å². The van der Waals surface area contributed by atoms with Crippen LogP contribution in [-0.4, -0.2) is 41.4 Å². The molecule has 1 fully saturated rings. The van der Waals surface area contributed by atoms with Crippen LogP contribution < -0.4 is 10.2 Å². The van der Waals surface area contributed by atoms with Gasteiger partial charge >= 0.3 is 0 Å². The molecule has 7 heteroatoms. The molecule has 2 aromatic rings. The van der Waals surface area contributed by atoms with Gasteiger partial charge in [0.25, 0.3) is 0 Å². The van der Waals surface area contributed by atoms with Crippen molar-refractivity contribution < 1.29 is 4.39 Å². The first-order valence-corrected chi connectivity index (χ1v) is 8.05. The van der Waals surface area contributed by atoms with Crippen LogP contribution in [0.5, 0.6) is 0 Å². The zero-order chi connectivity index (χ0) is 14.8. The molecule has 1 saturated heterocycles. The number of rotatable bonds is 3. The number of nitrogens with zero attached hydrogens (tertiary/aromatic N) is 3. The van der Waals surface area contributed by atoms with E-state index in [1.807, 2.05) is 7.05 Å². The largest absolute Gasteiger partial charge is 0.339 e. The number of hydrogen-bond acceptors (Lipinski definition) is 4. The van der Waals surface area contributed by atoms with Gasteiger partial charge in [-0.15, -0.1) is 5.10 Å². The molecule has 3 rings (SSSR count). The Labute approximate surface area is 136 Å². The van der Waals surface area contributed by atoms with Crippen LogP contribution in [0.15, 0.2) is 18.2 Å². The van der Waals surface area contributed by atoms with E-state index in [1.165, 1.54) is 12.1 Å². The lowest BCUT2D eigenvalue weighted by molar-refractivity contribution is 0.439. The Balaban J connectivity index is 1.77. The molecule has 112 valence electrons. The molecule has 2 N–H and O–H groups in total. The van der Waals surface area contributed by atoms with Crippen molar-refractivity contribution >= 4 is 28.5 Å². The SMILES string of the molecule is CNC1CCN(c2n[nH]c(-c3ccc(F)cc3I)n2)CC1. The Hall–Kier alpha value is -1.22. The highest BCUT2D eigenvalue weighted by Gasteiger charge is 2.21. The molecule has 1 aliphatic heterocycles. The monoisotopic (exact) mass is 401 g/mol. The second-order valence-electron chi connectivity index (χ2n) is 5.16. The normalized spacial score (nSPS) is 16.4.